The number of para-hydroxylation sites is 1. The summed E-state index contributed by atoms with van der Waals surface area (Å²) in [6.07, 6.45) is 0.395. The second kappa shape index (κ2) is 6.40. The van der Waals surface area contributed by atoms with Crippen LogP contribution in [0.1, 0.15) is 6.42 Å². The Morgan fingerprint density at radius 3 is 2.57 bits per heavy atom. The maximum Gasteiger partial charge on any atom is 0.323 e. The first-order chi connectivity index (χ1) is 9.87. The third-order valence-electron chi connectivity index (χ3n) is 3.24. The molecule has 1 aliphatic rings. The van der Waals surface area contributed by atoms with Crippen molar-refractivity contribution in [1.82, 2.24) is 4.90 Å². The number of thiocarbonyl (C=S) groups is 1. The van der Waals surface area contributed by atoms with Gasteiger partial charge in [0, 0.05) is 11.7 Å². The van der Waals surface area contributed by atoms with E-state index in [4.69, 9.17) is 17.3 Å². The first kappa shape index (κ1) is 15.7. The van der Waals surface area contributed by atoms with Crippen LogP contribution in [-0.2, 0) is 14.6 Å². The third-order valence-corrected chi connectivity index (χ3v) is 5.33. The van der Waals surface area contributed by atoms with Gasteiger partial charge in [0.25, 0.3) is 0 Å². The van der Waals surface area contributed by atoms with E-state index in [-0.39, 0.29) is 23.2 Å². The quantitative estimate of drug-likeness (QED) is 0.796. The number of carbonyl (C=O) groups is 1. The molecule has 114 valence electrons. The van der Waals surface area contributed by atoms with Gasteiger partial charge in [0.2, 0.25) is 0 Å². The Balaban J connectivity index is 2.12. The first-order valence-corrected chi connectivity index (χ1v) is 8.65. The molecule has 1 aromatic carbocycles. The van der Waals surface area contributed by atoms with Crippen molar-refractivity contribution in [3.63, 3.8) is 0 Å². The van der Waals surface area contributed by atoms with E-state index in [2.05, 4.69) is 5.32 Å². The van der Waals surface area contributed by atoms with Gasteiger partial charge in [0.15, 0.2) is 14.9 Å². The van der Waals surface area contributed by atoms with Crippen molar-refractivity contribution in [2.75, 3.05) is 23.4 Å². The van der Waals surface area contributed by atoms with Crippen LogP contribution < -0.4 is 5.32 Å². The largest absolute Gasteiger partial charge is 0.480 e. The molecule has 2 rings (SSSR count). The molecule has 1 heterocycles. The number of nitrogens with zero attached hydrogens (tertiary/aromatic N) is 1. The standard InChI is InChI=1S/C13H16N2O4S2/c16-12(17)8-15(11-6-7-21(18,19)9-11)13(20)14-10-4-2-1-3-5-10/h1-5,11H,6-9H2,(H,14,20)(H,16,17)/t11-/m1/s1. The maximum absolute atomic E-state index is 11.6. The highest BCUT2D eigenvalue weighted by Crippen LogP contribution is 2.19. The Hall–Kier alpha value is -1.67. The Kier molecular flexibility index (Phi) is 4.79. The fraction of sp³-hybridized carbons (Fsp3) is 0.385. The minimum absolute atomic E-state index is 0.0586. The van der Waals surface area contributed by atoms with Crippen LogP contribution >= 0.6 is 12.2 Å². The number of hydrogen-bond acceptors (Lipinski definition) is 4. The number of nitrogens with one attached hydrogen (secondary N) is 1. The van der Waals surface area contributed by atoms with E-state index >= 15 is 0 Å². The zero-order chi connectivity index (χ0) is 15.5. The summed E-state index contributed by atoms with van der Waals surface area (Å²) >= 11 is 5.24. The number of hydrogen-bond donors (Lipinski definition) is 2. The lowest BCUT2D eigenvalue weighted by atomic mass is 10.2. The zero-order valence-corrected chi connectivity index (χ0v) is 12.9. The zero-order valence-electron chi connectivity index (χ0n) is 11.2. The summed E-state index contributed by atoms with van der Waals surface area (Å²) in [5.74, 6) is -1.03. The normalized spacial score (nSPS) is 19.9. The fourth-order valence-corrected chi connectivity index (χ4v) is 4.31. The Bertz CT molecular complexity index is 631. The smallest absolute Gasteiger partial charge is 0.323 e. The van der Waals surface area contributed by atoms with Gasteiger partial charge in [-0.3, -0.25) is 4.79 Å². The van der Waals surface area contributed by atoms with Crippen molar-refractivity contribution in [2.45, 2.75) is 12.5 Å². The highest BCUT2D eigenvalue weighted by molar-refractivity contribution is 7.91. The van der Waals surface area contributed by atoms with E-state index < -0.39 is 21.8 Å². The van der Waals surface area contributed by atoms with Crippen molar-refractivity contribution < 1.29 is 18.3 Å². The SMILES string of the molecule is O=C(O)CN(C(=S)Nc1ccccc1)[C@@H]1CCS(=O)(=O)C1. The molecule has 1 saturated heterocycles. The van der Waals surface area contributed by atoms with Gasteiger partial charge in [-0.1, -0.05) is 18.2 Å². The molecule has 1 atom stereocenters. The third kappa shape index (κ3) is 4.40. The van der Waals surface area contributed by atoms with E-state index in [1.165, 1.54) is 4.90 Å². The van der Waals surface area contributed by atoms with E-state index in [0.717, 1.165) is 5.69 Å². The van der Waals surface area contributed by atoms with Crippen molar-refractivity contribution in [3.05, 3.63) is 30.3 Å². The highest BCUT2D eigenvalue weighted by atomic mass is 32.2. The van der Waals surface area contributed by atoms with Gasteiger partial charge < -0.3 is 15.3 Å². The van der Waals surface area contributed by atoms with Crippen LogP contribution in [0.25, 0.3) is 0 Å². The van der Waals surface area contributed by atoms with Crippen LogP contribution in [0.15, 0.2) is 30.3 Å². The molecule has 0 radical (unpaired) electrons. The number of carboxylic acid groups (broad SMARTS) is 1. The number of benzene rings is 1. The average molecular weight is 328 g/mol. The number of carboxylic acids is 1. The molecule has 21 heavy (non-hydrogen) atoms. The monoisotopic (exact) mass is 328 g/mol. The van der Waals surface area contributed by atoms with Gasteiger partial charge >= 0.3 is 5.97 Å². The summed E-state index contributed by atoms with van der Waals surface area (Å²) in [4.78, 5) is 12.4. The lowest BCUT2D eigenvalue weighted by Gasteiger charge is -2.29. The maximum atomic E-state index is 11.6. The van der Waals surface area contributed by atoms with Crippen LogP contribution in [-0.4, -0.2) is 53.6 Å². The summed E-state index contributed by atoms with van der Waals surface area (Å²) in [6.45, 7) is -0.321. The van der Waals surface area contributed by atoms with Gasteiger partial charge in [-0.05, 0) is 30.8 Å². The van der Waals surface area contributed by atoms with E-state index in [1.54, 1.807) is 12.1 Å². The molecule has 0 spiro atoms. The van der Waals surface area contributed by atoms with Crippen molar-refractivity contribution >= 4 is 38.8 Å². The van der Waals surface area contributed by atoms with Crippen molar-refractivity contribution in [3.8, 4) is 0 Å². The van der Waals surface area contributed by atoms with E-state index in [0.29, 0.717) is 6.42 Å². The molecule has 0 bridgehead atoms. The Morgan fingerprint density at radius 1 is 1.38 bits per heavy atom. The predicted molar refractivity (Wildman–Crippen MR) is 84.1 cm³/mol. The van der Waals surface area contributed by atoms with E-state index in [9.17, 15) is 13.2 Å². The number of sulfone groups is 1. The molecular formula is C13H16N2O4S2. The molecule has 0 unspecified atom stereocenters. The number of rotatable bonds is 4. The van der Waals surface area contributed by atoms with Crippen LogP contribution in [0.2, 0.25) is 0 Å². The predicted octanol–water partition coefficient (Wildman–Crippen LogP) is 0.957. The summed E-state index contributed by atoms with van der Waals surface area (Å²) in [5, 5.41) is 12.2. The second-order valence-electron chi connectivity index (χ2n) is 4.87. The van der Waals surface area contributed by atoms with Gasteiger partial charge in [0.1, 0.15) is 6.54 Å². The lowest BCUT2D eigenvalue weighted by Crippen LogP contribution is -2.46. The summed E-state index contributed by atoms with van der Waals surface area (Å²) in [7, 11) is -3.10. The minimum Gasteiger partial charge on any atom is -0.480 e. The van der Waals surface area contributed by atoms with Crippen LogP contribution in [0.5, 0.6) is 0 Å². The molecule has 0 amide bonds. The lowest BCUT2D eigenvalue weighted by molar-refractivity contribution is -0.137. The average Bonchev–Trinajstić information content (AvgIpc) is 2.77. The Morgan fingerprint density at radius 2 is 2.05 bits per heavy atom. The van der Waals surface area contributed by atoms with Gasteiger partial charge in [-0.2, -0.15) is 0 Å². The van der Waals surface area contributed by atoms with Gasteiger partial charge in [-0.15, -0.1) is 0 Å². The van der Waals surface area contributed by atoms with E-state index in [1.807, 2.05) is 18.2 Å². The van der Waals surface area contributed by atoms with Crippen LogP contribution in [0, 0.1) is 0 Å². The first-order valence-electron chi connectivity index (χ1n) is 6.42. The topological polar surface area (TPSA) is 86.7 Å². The molecule has 0 aromatic heterocycles. The molecule has 8 heteroatoms. The van der Waals surface area contributed by atoms with Crippen LogP contribution in [0.4, 0.5) is 5.69 Å². The fourth-order valence-electron chi connectivity index (χ4n) is 2.25. The summed E-state index contributed by atoms with van der Waals surface area (Å²) < 4.78 is 23.1. The molecule has 1 aromatic rings. The summed E-state index contributed by atoms with van der Waals surface area (Å²) in [5.41, 5.74) is 0.735. The van der Waals surface area contributed by atoms with Gasteiger partial charge in [-0.25, -0.2) is 8.42 Å². The molecule has 6 nitrogen and oxygen atoms in total. The molecule has 0 aliphatic carbocycles. The van der Waals surface area contributed by atoms with Crippen molar-refractivity contribution in [2.24, 2.45) is 0 Å². The molecule has 1 aliphatic heterocycles. The molecule has 0 saturated carbocycles. The van der Waals surface area contributed by atoms with Crippen molar-refractivity contribution in [1.29, 1.82) is 0 Å². The molecule has 2 N–H and O–H groups in total. The van der Waals surface area contributed by atoms with Crippen LogP contribution in [0.3, 0.4) is 0 Å². The summed E-state index contributed by atoms with van der Waals surface area (Å²) in [6, 6.07) is 8.72. The second-order valence-corrected chi connectivity index (χ2v) is 7.49. The molecule has 1 fully saturated rings. The number of aliphatic carboxylic acids is 1. The minimum atomic E-state index is -3.10. The Labute approximate surface area is 128 Å². The van der Waals surface area contributed by atoms with Gasteiger partial charge in [0.05, 0.1) is 11.5 Å². The molecular weight excluding hydrogens is 312 g/mol. The highest BCUT2D eigenvalue weighted by Gasteiger charge is 2.34. The number of anilines is 1.